The van der Waals surface area contributed by atoms with Crippen LogP contribution in [0.5, 0.6) is 0 Å². The van der Waals surface area contributed by atoms with E-state index < -0.39 is 23.5 Å². The Morgan fingerprint density at radius 3 is 2.47 bits per heavy atom. The number of aliphatic hydroxyl groups is 1. The van der Waals surface area contributed by atoms with Crippen molar-refractivity contribution in [3.63, 3.8) is 0 Å². The van der Waals surface area contributed by atoms with Gasteiger partial charge < -0.3 is 19.8 Å². The summed E-state index contributed by atoms with van der Waals surface area (Å²) in [6.07, 6.45) is 0.233. The van der Waals surface area contributed by atoms with Crippen LogP contribution in [0.2, 0.25) is 0 Å². The number of hydrogen-bond donors (Lipinski definition) is 2. The highest BCUT2D eigenvalue weighted by molar-refractivity contribution is 5.93. The molecule has 2 aliphatic rings. The van der Waals surface area contributed by atoms with Crippen LogP contribution in [0.15, 0.2) is 0 Å². The van der Waals surface area contributed by atoms with E-state index in [9.17, 15) is 14.7 Å². The smallest absolute Gasteiger partial charge is 0.329 e. The van der Waals surface area contributed by atoms with E-state index >= 15 is 0 Å². The van der Waals surface area contributed by atoms with Crippen LogP contribution < -0.4 is 0 Å². The van der Waals surface area contributed by atoms with E-state index in [1.54, 1.807) is 0 Å². The van der Waals surface area contributed by atoms with Gasteiger partial charge in [0.15, 0.2) is 6.04 Å². The average molecular weight is 243 g/mol. The van der Waals surface area contributed by atoms with Crippen LogP contribution in [-0.2, 0) is 14.3 Å². The molecule has 0 bridgehead atoms. The van der Waals surface area contributed by atoms with Gasteiger partial charge in [-0.1, -0.05) is 0 Å². The summed E-state index contributed by atoms with van der Waals surface area (Å²) in [6, 6.07) is -1.13. The van der Waals surface area contributed by atoms with Crippen LogP contribution in [0.4, 0.5) is 0 Å². The van der Waals surface area contributed by atoms with E-state index in [1.807, 2.05) is 0 Å². The number of aliphatic carboxylic acids is 1. The van der Waals surface area contributed by atoms with Crippen LogP contribution in [-0.4, -0.2) is 58.9 Å². The van der Waals surface area contributed by atoms with Gasteiger partial charge >= 0.3 is 5.97 Å². The zero-order valence-corrected chi connectivity index (χ0v) is 9.76. The molecule has 2 fully saturated rings. The fraction of sp³-hybridized carbons (Fsp3) is 0.818. The maximum atomic E-state index is 12.1. The van der Waals surface area contributed by atoms with Crippen molar-refractivity contribution in [3.05, 3.63) is 0 Å². The number of aliphatic hydroxyl groups excluding tert-OH is 1. The van der Waals surface area contributed by atoms with Crippen LogP contribution in [0.3, 0.4) is 0 Å². The van der Waals surface area contributed by atoms with Crippen molar-refractivity contribution in [3.8, 4) is 0 Å². The van der Waals surface area contributed by atoms with E-state index in [0.29, 0.717) is 32.6 Å². The molecule has 2 atom stereocenters. The largest absolute Gasteiger partial charge is 0.480 e. The molecule has 0 aromatic carbocycles. The summed E-state index contributed by atoms with van der Waals surface area (Å²) in [5, 5.41) is 18.4. The number of carbonyl (C=O) groups is 2. The molecule has 0 aliphatic carbocycles. The molecule has 2 saturated heterocycles. The van der Waals surface area contributed by atoms with Gasteiger partial charge in [-0.3, -0.25) is 4.79 Å². The molecule has 0 aromatic heterocycles. The van der Waals surface area contributed by atoms with Gasteiger partial charge in [-0.2, -0.15) is 0 Å². The zero-order chi connectivity index (χ0) is 12.6. The van der Waals surface area contributed by atoms with Crippen LogP contribution >= 0.6 is 0 Å². The van der Waals surface area contributed by atoms with Gasteiger partial charge in [0.2, 0.25) is 5.91 Å². The molecule has 2 aliphatic heterocycles. The van der Waals surface area contributed by atoms with Crippen molar-refractivity contribution >= 4 is 11.9 Å². The third-order valence-corrected chi connectivity index (χ3v) is 3.68. The molecule has 2 rings (SSSR count). The molecule has 0 saturated carbocycles. The average Bonchev–Trinajstić information content (AvgIpc) is 2.28. The number of likely N-dealkylation sites (tertiary alicyclic amines) is 1. The second kappa shape index (κ2) is 4.27. The molecule has 96 valence electrons. The Bertz CT molecular complexity index is 335. The molecule has 6 nitrogen and oxygen atoms in total. The minimum Gasteiger partial charge on any atom is -0.480 e. The van der Waals surface area contributed by atoms with E-state index in [1.165, 1.54) is 11.8 Å². The van der Waals surface area contributed by atoms with Crippen LogP contribution in [0.1, 0.15) is 19.8 Å². The minimum atomic E-state index is -1.16. The Morgan fingerprint density at radius 1 is 1.47 bits per heavy atom. The van der Waals surface area contributed by atoms with Gasteiger partial charge in [-0.15, -0.1) is 0 Å². The van der Waals surface area contributed by atoms with Gasteiger partial charge in [-0.05, 0) is 19.8 Å². The first-order valence-corrected chi connectivity index (χ1v) is 5.78. The fourth-order valence-electron chi connectivity index (χ4n) is 2.64. The van der Waals surface area contributed by atoms with Crippen molar-refractivity contribution in [2.75, 3.05) is 19.8 Å². The summed E-state index contributed by atoms with van der Waals surface area (Å²) in [5.74, 6) is -1.32. The number of amides is 1. The second-order valence-corrected chi connectivity index (χ2v) is 4.85. The van der Waals surface area contributed by atoms with E-state index in [2.05, 4.69) is 0 Å². The summed E-state index contributed by atoms with van der Waals surface area (Å²) < 4.78 is 5.20. The van der Waals surface area contributed by atoms with E-state index in [0.717, 1.165) is 0 Å². The third-order valence-electron chi connectivity index (χ3n) is 3.68. The molecular weight excluding hydrogens is 226 g/mol. The molecule has 1 unspecified atom stereocenters. The highest BCUT2D eigenvalue weighted by Gasteiger charge is 2.56. The molecule has 1 spiro atoms. The van der Waals surface area contributed by atoms with Gasteiger partial charge in [0.05, 0.1) is 11.5 Å². The Morgan fingerprint density at radius 2 is 2.06 bits per heavy atom. The van der Waals surface area contributed by atoms with Crippen molar-refractivity contribution in [1.82, 2.24) is 4.90 Å². The van der Waals surface area contributed by atoms with E-state index in [4.69, 9.17) is 9.84 Å². The summed E-state index contributed by atoms with van der Waals surface area (Å²) in [6.45, 7) is 2.90. The van der Waals surface area contributed by atoms with Crippen molar-refractivity contribution in [1.29, 1.82) is 0 Å². The van der Waals surface area contributed by atoms with Crippen LogP contribution in [0.25, 0.3) is 0 Å². The number of hydrogen-bond acceptors (Lipinski definition) is 4. The van der Waals surface area contributed by atoms with Gasteiger partial charge in [0, 0.05) is 19.8 Å². The van der Waals surface area contributed by atoms with Gasteiger partial charge in [0.25, 0.3) is 0 Å². The summed E-state index contributed by atoms with van der Waals surface area (Å²) >= 11 is 0. The quantitative estimate of drug-likeness (QED) is 0.650. The lowest BCUT2D eigenvalue weighted by Crippen LogP contribution is -2.69. The highest BCUT2D eigenvalue weighted by Crippen LogP contribution is 2.42. The summed E-state index contributed by atoms with van der Waals surface area (Å²) in [4.78, 5) is 24.4. The maximum absolute atomic E-state index is 12.1. The Balaban J connectivity index is 2.07. The molecule has 2 heterocycles. The molecular formula is C11H17NO5. The standard InChI is InChI=1S/C11H17NO5/c1-7(13)8(9(14)15)12-6-11(10(12)16)2-4-17-5-3-11/h7-8,13H,2-6H2,1H3,(H,14,15)/t7?,8-/m0/s1. The number of carbonyl (C=O) groups excluding carboxylic acids is 1. The fourth-order valence-corrected chi connectivity index (χ4v) is 2.64. The Labute approximate surface area is 99.2 Å². The lowest BCUT2D eigenvalue weighted by Gasteiger charge is -2.52. The molecule has 1 amide bonds. The Hall–Kier alpha value is -1.14. The first-order valence-electron chi connectivity index (χ1n) is 5.78. The number of carboxylic acid groups (broad SMARTS) is 1. The first-order chi connectivity index (χ1) is 7.98. The minimum absolute atomic E-state index is 0.158. The molecule has 17 heavy (non-hydrogen) atoms. The SMILES string of the molecule is CC(O)[C@@H](C(=O)O)N1CC2(CCOCC2)C1=O. The Kier molecular flexibility index (Phi) is 3.09. The topological polar surface area (TPSA) is 87.1 Å². The summed E-state index contributed by atoms with van der Waals surface area (Å²) in [7, 11) is 0. The van der Waals surface area contributed by atoms with Crippen LogP contribution in [0, 0.1) is 5.41 Å². The zero-order valence-electron chi connectivity index (χ0n) is 9.76. The second-order valence-electron chi connectivity index (χ2n) is 4.85. The lowest BCUT2D eigenvalue weighted by atomic mass is 9.71. The van der Waals surface area contributed by atoms with Crippen molar-refractivity contribution in [2.24, 2.45) is 5.41 Å². The van der Waals surface area contributed by atoms with Gasteiger partial charge in [-0.25, -0.2) is 4.79 Å². The van der Waals surface area contributed by atoms with Gasteiger partial charge in [0.1, 0.15) is 0 Å². The highest BCUT2D eigenvalue weighted by atomic mass is 16.5. The molecule has 2 N–H and O–H groups in total. The lowest BCUT2D eigenvalue weighted by molar-refractivity contribution is -0.184. The van der Waals surface area contributed by atoms with Crippen molar-refractivity contribution in [2.45, 2.75) is 31.9 Å². The first kappa shape index (κ1) is 12.3. The summed E-state index contributed by atoms with van der Waals surface area (Å²) in [5.41, 5.74) is -0.430. The van der Waals surface area contributed by atoms with E-state index in [-0.39, 0.29) is 5.91 Å². The molecule has 0 aromatic rings. The monoisotopic (exact) mass is 243 g/mol. The number of rotatable bonds is 3. The maximum Gasteiger partial charge on any atom is 0.329 e. The predicted octanol–water partition coefficient (Wildman–Crippen LogP) is -0.541. The molecule has 6 heteroatoms. The number of carboxylic acids is 1. The normalized spacial score (nSPS) is 26.5. The van der Waals surface area contributed by atoms with Crippen molar-refractivity contribution < 1.29 is 24.5 Å². The molecule has 0 radical (unpaired) electrons. The number of nitrogens with zero attached hydrogens (tertiary/aromatic N) is 1. The predicted molar refractivity (Wildman–Crippen MR) is 57.3 cm³/mol. The third kappa shape index (κ3) is 1.91. The number of ether oxygens (including phenoxy) is 1. The number of β-lactam (4-membered cyclic amide) rings is 1.